The highest BCUT2D eigenvalue weighted by Gasteiger charge is 2.17. The molecule has 9 nitrogen and oxygen atoms in total. The van der Waals surface area contributed by atoms with Gasteiger partial charge in [-0.25, -0.2) is 10.2 Å². The minimum absolute atomic E-state index is 0.228. The number of hydrazone groups is 1. The summed E-state index contributed by atoms with van der Waals surface area (Å²) in [5.41, 5.74) is 3.64. The standard InChI is InChI=1S/C25H23ClN2O7/c1-31-20-11-15(5-10-19(20)35-25(30)16-6-8-18(26)9-7-16)14-27-28-24(29)17-12-21(32-2)23(34-4)22(13-17)33-3/h5-14H,1-4H3,(H,28,29)/b27-14+. The number of hydrogen-bond acceptors (Lipinski definition) is 8. The fourth-order valence-corrected chi connectivity index (χ4v) is 3.16. The molecule has 0 heterocycles. The molecule has 0 radical (unpaired) electrons. The molecule has 182 valence electrons. The Labute approximate surface area is 207 Å². The lowest BCUT2D eigenvalue weighted by Crippen LogP contribution is -2.18. The summed E-state index contributed by atoms with van der Waals surface area (Å²) in [7, 11) is 5.84. The number of nitrogens with zero attached hydrogens (tertiary/aromatic N) is 1. The molecule has 0 saturated heterocycles. The van der Waals surface area contributed by atoms with Crippen molar-refractivity contribution < 1.29 is 33.3 Å². The van der Waals surface area contributed by atoms with E-state index in [1.807, 2.05) is 0 Å². The first-order valence-corrected chi connectivity index (χ1v) is 10.6. The Hall–Kier alpha value is -4.24. The van der Waals surface area contributed by atoms with E-state index >= 15 is 0 Å². The Morgan fingerprint density at radius 2 is 1.40 bits per heavy atom. The minimum Gasteiger partial charge on any atom is -0.493 e. The molecule has 1 N–H and O–H groups in total. The van der Waals surface area contributed by atoms with Crippen molar-refractivity contribution in [2.24, 2.45) is 5.10 Å². The Kier molecular flexibility index (Phi) is 8.53. The first kappa shape index (κ1) is 25.4. The Morgan fingerprint density at radius 1 is 0.771 bits per heavy atom. The van der Waals surface area contributed by atoms with E-state index in [-0.39, 0.29) is 11.3 Å². The maximum atomic E-state index is 12.6. The van der Waals surface area contributed by atoms with Crippen molar-refractivity contribution in [3.63, 3.8) is 0 Å². The van der Waals surface area contributed by atoms with Gasteiger partial charge in [-0.1, -0.05) is 11.6 Å². The van der Waals surface area contributed by atoms with E-state index in [9.17, 15) is 9.59 Å². The van der Waals surface area contributed by atoms with Crippen molar-refractivity contribution in [2.45, 2.75) is 0 Å². The average molecular weight is 499 g/mol. The van der Waals surface area contributed by atoms with E-state index in [0.717, 1.165) is 0 Å². The van der Waals surface area contributed by atoms with Crippen molar-refractivity contribution in [1.82, 2.24) is 5.43 Å². The molecule has 0 bridgehead atoms. The van der Waals surface area contributed by atoms with Crippen molar-refractivity contribution >= 4 is 29.7 Å². The third-order valence-electron chi connectivity index (χ3n) is 4.78. The van der Waals surface area contributed by atoms with E-state index in [1.54, 1.807) is 42.5 Å². The van der Waals surface area contributed by atoms with E-state index in [2.05, 4.69) is 10.5 Å². The molecule has 0 atom stereocenters. The van der Waals surface area contributed by atoms with Crippen molar-refractivity contribution in [1.29, 1.82) is 0 Å². The van der Waals surface area contributed by atoms with Gasteiger partial charge >= 0.3 is 5.97 Å². The quantitative estimate of drug-likeness (QED) is 0.202. The smallest absolute Gasteiger partial charge is 0.343 e. The van der Waals surface area contributed by atoms with Crippen molar-refractivity contribution in [2.75, 3.05) is 28.4 Å². The SMILES string of the molecule is COc1cc(/C=N/NC(=O)c2cc(OC)c(OC)c(OC)c2)ccc1OC(=O)c1ccc(Cl)cc1. The molecular formula is C25H23ClN2O7. The maximum absolute atomic E-state index is 12.6. The van der Waals surface area contributed by atoms with Crippen LogP contribution in [-0.2, 0) is 0 Å². The van der Waals surface area contributed by atoms with E-state index in [1.165, 1.54) is 46.8 Å². The zero-order valence-corrected chi connectivity index (χ0v) is 20.2. The molecule has 0 aromatic heterocycles. The van der Waals surface area contributed by atoms with Gasteiger partial charge in [0.1, 0.15) is 0 Å². The largest absolute Gasteiger partial charge is 0.493 e. The summed E-state index contributed by atoms with van der Waals surface area (Å²) < 4.78 is 26.5. The molecule has 3 aromatic carbocycles. The van der Waals surface area contributed by atoms with Gasteiger partial charge in [-0.15, -0.1) is 0 Å². The van der Waals surface area contributed by atoms with Gasteiger partial charge in [0.25, 0.3) is 5.91 Å². The predicted molar refractivity (Wildman–Crippen MR) is 131 cm³/mol. The lowest BCUT2D eigenvalue weighted by Gasteiger charge is -2.13. The van der Waals surface area contributed by atoms with Crippen LogP contribution in [0.15, 0.2) is 59.7 Å². The molecule has 0 aliphatic heterocycles. The molecule has 3 aromatic rings. The molecule has 0 unspecified atom stereocenters. The molecule has 0 aliphatic carbocycles. The van der Waals surface area contributed by atoms with Crippen LogP contribution in [0.2, 0.25) is 5.02 Å². The van der Waals surface area contributed by atoms with Gasteiger partial charge in [0, 0.05) is 10.6 Å². The summed E-state index contributed by atoms with van der Waals surface area (Å²) >= 11 is 5.85. The van der Waals surface area contributed by atoms with Crippen molar-refractivity contribution in [3.8, 4) is 28.7 Å². The fourth-order valence-electron chi connectivity index (χ4n) is 3.04. The second-order valence-electron chi connectivity index (χ2n) is 6.92. The molecule has 1 amide bonds. The van der Waals surface area contributed by atoms with Crippen LogP contribution in [0.1, 0.15) is 26.3 Å². The molecule has 0 fully saturated rings. The summed E-state index contributed by atoms with van der Waals surface area (Å²) in [6.45, 7) is 0. The topological polar surface area (TPSA) is 105 Å². The van der Waals surface area contributed by atoms with Crippen LogP contribution in [0.25, 0.3) is 0 Å². The third kappa shape index (κ3) is 6.21. The Balaban J connectivity index is 1.71. The molecule has 35 heavy (non-hydrogen) atoms. The Morgan fingerprint density at radius 3 is 1.97 bits per heavy atom. The maximum Gasteiger partial charge on any atom is 0.343 e. The molecule has 0 spiro atoms. The number of hydrogen-bond donors (Lipinski definition) is 1. The van der Waals surface area contributed by atoms with E-state index in [0.29, 0.717) is 39.1 Å². The number of esters is 1. The number of rotatable bonds is 9. The van der Waals surface area contributed by atoms with Gasteiger partial charge in [0.2, 0.25) is 5.75 Å². The van der Waals surface area contributed by atoms with Gasteiger partial charge in [-0.2, -0.15) is 5.10 Å². The number of methoxy groups -OCH3 is 4. The highest BCUT2D eigenvalue weighted by molar-refractivity contribution is 6.30. The van der Waals surface area contributed by atoms with Crippen LogP contribution in [-0.4, -0.2) is 46.5 Å². The second-order valence-corrected chi connectivity index (χ2v) is 7.36. The number of nitrogens with one attached hydrogen (secondary N) is 1. The monoisotopic (exact) mass is 498 g/mol. The van der Waals surface area contributed by atoms with Gasteiger partial charge < -0.3 is 23.7 Å². The number of carbonyl (C=O) groups is 2. The summed E-state index contributed by atoms with van der Waals surface area (Å²) in [5, 5.41) is 4.49. The zero-order valence-electron chi connectivity index (χ0n) is 19.5. The van der Waals surface area contributed by atoms with E-state index in [4.69, 9.17) is 35.3 Å². The predicted octanol–water partition coefficient (Wildman–Crippen LogP) is 4.36. The van der Waals surface area contributed by atoms with Crippen LogP contribution >= 0.6 is 11.6 Å². The van der Waals surface area contributed by atoms with Gasteiger partial charge in [-0.3, -0.25) is 4.79 Å². The van der Waals surface area contributed by atoms with E-state index < -0.39 is 11.9 Å². The number of carbonyl (C=O) groups excluding carboxylic acids is 2. The lowest BCUT2D eigenvalue weighted by molar-refractivity contribution is 0.0729. The molecular weight excluding hydrogens is 476 g/mol. The Bertz CT molecular complexity index is 1220. The molecule has 0 aliphatic rings. The van der Waals surface area contributed by atoms with Crippen LogP contribution in [0.4, 0.5) is 0 Å². The average Bonchev–Trinajstić information content (AvgIpc) is 2.88. The summed E-state index contributed by atoms with van der Waals surface area (Å²) in [4.78, 5) is 24.9. The lowest BCUT2D eigenvalue weighted by atomic mass is 10.1. The van der Waals surface area contributed by atoms with Crippen LogP contribution < -0.4 is 29.1 Å². The second kappa shape index (κ2) is 11.8. The van der Waals surface area contributed by atoms with Crippen LogP contribution in [0.5, 0.6) is 28.7 Å². The molecule has 0 saturated carbocycles. The highest BCUT2D eigenvalue weighted by Crippen LogP contribution is 2.38. The minimum atomic E-state index is -0.556. The first-order valence-electron chi connectivity index (χ1n) is 10.2. The fraction of sp³-hybridized carbons (Fsp3) is 0.160. The number of benzene rings is 3. The normalized spacial score (nSPS) is 10.5. The summed E-state index contributed by atoms with van der Waals surface area (Å²) in [6.07, 6.45) is 1.42. The molecule has 3 rings (SSSR count). The first-order chi connectivity index (χ1) is 16.9. The van der Waals surface area contributed by atoms with Crippen LogP contribution in [0, 0.1) is 0 Å². The van der Waals surface area contributed by atoms with Crippen LogP contribution in [0.3, 0.4) is 0 Å². The number of amides is 1. The zero-order chi connectivity index (χ0) is 25.4. The third-order valence-corrected chi connectivity index (χ3v) is 5.03. The van der Waals surface area contributed by atoms with Crippen molar-refractivity contribution in [3.05, 3.63) is 76.3 Å². The van der Waals surface area contributed by atoms with Gasteiger partial charge in [-0.05, 0) is 60.2 Å². The van der Waals surface area contributed by atoms with Gasteiger partial charge in [0.15, 0.2) is 23.0 Å². The summed E-state index contributed by atoms with van der Waals surface area (Å²) in [6, 6.07) is 14.2. The van der Waals surface area contributed by atoms with Gasteiger partial charge in [0.05, 0.1) is 40.2 Å². The number of halogens is 1. The highest BCUT2D eigenvalue weighted by atomic mass is 35.5. The summed E-state index contributed by atoms with van der Waals surface area (Å²) in [5.74, 6) is 0.557. The number of ether oxygens (including phenoxy) is 5. The molecule has 10 heteroatoms.